The van der Waals surface area contributed by atoms with E-state index in [1.54, 1.807) is 38.2 Å². The number of hydrogen-bond acceptors (Lipinski definition) is 8. The molecule has 5 rings (SSSR count). The van der Waals surface area contributed by atoms with Crippen molar-refractivity contribution in [3.8, 4) is 28.7 Å². The highest BCUT2D eigenvalue weighted by Crippen LogP contribution is 2.35. The molecule has 0 aliphatic rings. The Balaban J connectivity index is 1.39. The Morgan fingerprint density at radius 2 is 1.85 bits per heavy atom. The molecule has 0 amide bonds. The van der Waals surface area contributed by atoms with Gasteiger partial charge in [0.15, 0.2) is 0 Å². The largest absolute Gasteiger partial charge is 0.488 e. The summed E-state index contributed by atoms with van der Waals surface area (Å²) in [5, 5.41) is 22.3. The normalized spacial score (nSPS) is 11.5. The van der Waals surface area contributed by atoms with Gasteiger partial charge in [0.2, 0.25) is 0 Å². The van der Waals surface area contributed by atoms with Crippen molar-refractivity contribution in [3.05, 3.63) is 106 Å². The molecule has 0 radical (unpaired) electrons. The number of ether oxygens (including phenoxy) is 2. The first-order valence-corrected chi connectivity index (χ1v) is 15.9. The minimum Gasteiger partial charge on any atom is -0.488 e. The van der Waals surface area contributed by atoms with Gasteiger partial charge in [0, 0.05) is 49.2 Å². The van der Waals surface area contributed by atoms with Crippen LogP contribution in [0.15, 0.2) is 73.3 Å². The Bertz CT molecular complexity index is 1980. The Labute approximate surface area is 285 Å². The van der Waals surface area contributed by atoms with Crippen molar-refractivity contribution in [2.45, 2.75) is 52.6 Å². The summed E-state index contributed by atoms with van der Waals surface area (Å²) >= 11 is 6.73. The summed E-state index contributed by atoms with van der Waals surface area (Å²) in [7, 11) is 4.12. The molecule has 5 aromatic rings. The summed E-state index contributed by atoms with van der Waals surface area (Å²) < 4.78 is 14.7. The second kappa shape index (κ2) is 14.9. The highest BCUT2D eigenvalue weighted by Gasteiger charge is 2.27. The lowest BCUT2D eigenvalue weighted by Gasteiger charge is -2.23. The number of imidazole rings is 1. The van der Waals surface area contributed by atoms with Crippen LogP contribution in [0.3, 0.4) is 0 Å². The molecule has 3 aromatic carbocycles. The Morgan fingerprint density at radius 1 is 1.06 bits per heavy atom. The maximum atomic E-state index is 11.7. The van der Waals surface area contributed by atoms with Gasteiger partial charge in [0.25, 0.3) is 0 Å². The Kier molecular flexibility index (Phi) is 10.6. The quantitative estimate of drug-likeness (QED) is 0.135. The Hall–Kier alpha value is -4.95. The van der Waals surface area contributed by atoms with E-state index in [1.165, 1.54) is 6.20 Å². The van der Waals surface area contributed by atoms with Crippen LogP contribution in [0.1, 0.15) is 41.7 Å². The number of carbonyl (C=O) groups is 1. The third-order valence-electron chi connectivity index (χ3n) is 8.24. The highest BCUT2D eigenvalue weighted by molar-refractivity contribution is 6.32. The van der Waals surface area contributed by atoms with E-state index in [0.717, 1.165) is 46.4 Å². The lowest BCUT2D eigenvalue weighted by molar-refractivity contribution is -0.143. The lowest BCUT2D eigenvalue weighted by atomic mass is 9.96. The molecular formula is C37H39ClN6O4. The second-order valence-corrected chi connectivity index (χ2v) is 12.9. The van der Waals surface area contributed by atoms with Gasteiger partial charge in [-0.2, -0.15) is 5.26 Å². The number of nitrogens with zero attached hydrogens (tertiary/aromatic N) is 5. The van der Waals surface area contributed by atoms with Crippen molar-refractivity contribution >= 4 is 28.6 Å². The van der Waals surface area contributed by atoms with Crippen LogP contribution in [0.5, 0.6) is 11.5 Å². The molecule has 2 heterocycles. The van der Waals surface area contributed by atoms with E-state index in [-0.39, 0.29) is 19.8 Å². The van der Waals surface area contributed by atoms with E-state index in [9.17, 15) is 15.2 Å². The van der Waals surface area contributed by atoms with Crippen molar-refractivity contribution in [1.29, 1.82) is 5.26 Å². The van der Waals surface area contributed by atoms with E-state index in [0.29, 0.717) is 33.2 Å². The Morgan fingerprint density at radius 3 is 2.60 bits per heavy atom. The number of aromatic nitrogens is 3. The molecule has 0 saturated heterocycles. The SMILES string of the molecule is Cc1c(COc2cc(OCc3cncc(C#N)c3)c(CNC(C)(C)C(=O)O)cc2Cl)cccc1-c1ccc2ncn(CCN(C)C)c2c1. The molecule has 48 heavy (non-hydrogen) atoms. The molecule has 2 aromatic heterocycles. The monoisotopic (exact) mass is 666 g/mol. The molecule has 248 valence electrons. The van der Waals surface area contributed by atoms with Crippen LogP contribution in [-0.4, -0.2) is 56.7 Å². The van der Waals surface area contributed by atoms with E-state index in [2.05, 4.69) is 76.1 Å². The van der Waals surface area contributed by atoms with Gasteiger partial charge < -0.3 is 24.0 Å². The molecule has 0 unspecified atom stereocenters. The topological polar surface area (TPSA) is 126 Å². The summed E-state index contributed by atoms with van der Waals surface area (Å²) in [5.41, 5.74) is 6.95. The first-order chi connectivity index (χ1) is 22.9. The van der Waals surface area contributed by atoms with Gasteiger partial charge in [0.05, 0.1) is 27.9 Å². The van der Waals surface area contributed by atoms with Gasteiger partial charge in [-0.3, -0.25) is 15.1 Å². The number of benzene rings is 3. The smallest absolute Gasteiger partial charge is 0.323 e. The fourth-order valence-electron chi connectivity index (χ4n) is 5.16. The third kappa shape index (κ3) is 8.12. The highest BCUT2D eigenvalue weighted by atomic mass is 35.5. The number of nitrogens with one attached hydrogen (secondary N) is 1. The van der Waals surface area contributed by atoms with Crippen LogP contribution in [0, 0.1) is 18.3 Å². The predicted molar refractivity (Wildman–Crippen MR) is 186 cm³/mol. The number of carboxylic acid groups (broad SMARTS) is 1. The van der Waals surface area contributed by atoms with Gasteiger partial charge in [-0.05, 0) is 81.4 Å². The fraction of sp³-hybridized carbons (Fsp3) is 0.297. The summed E-state index contributed by atoms with van der Waals surface area (Å²) in [4.78, 5) is 22.6. The molecule has 0 atom stereocenters. The number of aliphatic carboxylic acids is 1. The summed E-state index contributed by atoms with van der Waals surface area (Å²) in [6, 6.07) is 19.7. The number of fused-ring (bicyclic) bond motifs is 1. The molecule has 0 bridgehead atoms. The number of likely N-dealkylation sites (N-methyl/N-ethyl adjacent to an activating group) is 1. The number of carboxylic acids is 1. The molecule has 2 N–H and O–H groups in total. The zero-order chi connectivity index (χ0) is 34.4. The second-order valence-electron chi connectivity index (χ2n) is 12.5. The van der Waals surface area contributed by atoms with E-state index in [4.69, 9.17) is 21.1 Å². The molecule has 0 fully saturated rings. The summed E-state index contributed by atoms with van der Waals surface area (Å²) in [6.07, 6.45) is 5.01. The fourth-order valence-corrected chi connectivity index (χ4v) is 5.40. The van der Waals surface area contributed by atoms with E-state index in [1.807, 2.05) is 18.5 Å². The average molecular weight is 667 g/mol. The van der Waals surface area contributed by atoms with E-state index >= 15 is 0 Å². The van der Waals surface area contributed by atoms with Crippen LogP contribution < -0.4 is 14.8 Å². The number of halogens is 1. The predicted octanol–water partition coefficient (Wildman–Crippen LogP) is 6.60. The molecule has 0 saturated carbocycles. The van der Waals surface area contributed by atoms with Gasteiger partial charge in [-0.1, -0.05) is 35.9 Å². The van der Waals surface area contributed by atoms with Crippen LogP contribution in [0.2, 0.25) is 5.02 Å². The first-order valence-electron chi connectivity index (χ1n) is 15.5. The molecule has 0 aliphatic carbocycles. The summed E-state index contributed by atoms with van der Waals surface area (Å²) in [5.74, 6) is -0.0918. The standard InChI is InChI=1S/C37H39ClN6O4/c1-24-28(7-6-8-30(24)27-9-10-32-33(15-27)44(23-41-32)12-11-43(4)5)22-48-35-16-34(47-21-26-13-25(17-39)18-40-19-26)29(14-31(35)38)20-42-37(2,3)36(45)46/h6-10,13-16,18-19,23,42H,11-12,20-22H2,1-5H3,(H,45,46). The van der Waals surface area contributed by atoms with Crippen molar-refractivity contribution in [2.75, 3.05) is 20.6 Å². The minimum absolute atomic E-state index is 0.137. The van der Waals surface area contributed by atoms with Crippen LogP contribution in [0.25, 0.3) is 22.2 Å². The van der Waals surface area contributed by atoms with E-state index < -0.39 is 11.5 Å². The van der Waals surface area contributed by atoms with Gasteiger partial charge >= 0.3 is 5.97 Å². The van der Waals surface area contributed by atoms with Crippen molar-refractivity contribution in [3.63, 3.8) is 0 Å². The lowest BCUT2D eigenvalue weighted by Crippen LogP contribution is -2.46. The van der Waals surface area contributed by atoms with Crippen LogP contribution in [-0.2, 0) is 31.1 Å². The molecule has 11 heteroatoms. The maximum absolute atomic E-state index is 11.7. The third-order valence-corrected chi connectivity index (χ3v) is 8.53. The van der Waals surface area contributed by atoms with Crippen molar-refractivity contribution < 1.29 is 19.4 Å². The summed E-state index contributed by atoms with van der Waals surface area (Å²) in [6.45, 7) is 7.61. The zero-order valence-electron chi connectivity index (χ0n) is 27.7. The molecule has 10 nitrogen and oxygen atoms in total. The average Bonchev–Trinajstić information content (AvgIpc) is 3.48. The number of nitriles is 1. The first kappa shape index (κ1) is 34.4. The van der Waals surface area contributed by atoms with Gasteiger partial charge in [0.1, 0.15) is 36.3 Å². The van der Waals surface area contributed by atoms with Gasteiger partial charge in [-0.25, -0.2) is 4.98 Å². The van der Waals surface area contributed by atoms with Crippen molar-refractivity contribution in [2.24, 2.45) is 0 Å². The maximum Gasteiger partial charge on any atom is 0.323 e. The van der Waals surface area contributed by atoms with Crippen LogP contribution >= 0.6 is 11.6 Å². The zero-order valence-corrected chi connectivity index (χ0v) is 28.5. The molecule has 0 spiro atoms. The van der Waals surface area contributed by atoms with Crippen molar-refractivity contribution in [1.82, 2.24) is 24.8 Å². The minimum atomic E-state index is -1.18. The molecule has 0 aliphatic heterocycles. The number of rotatable bonds is 14. The van der Waals surface area contributed by atoms with Crippen LogP contribution in [0.4, 0.5) is 0 Å². The number of hydrogen-bond donors (Lipinski definition) is 2. The number of pyridine rings is 1. The molecular weight excluding hydrogens is 628 g/mol. The van der Waals surface area contributed by atoms with Gasteiger partial charge in [-0.15, -0.1) is 0 Å².